The minimum Gasteiger partial charge on any atom is -0.481 e. The van der Waals surface area contributed by atoms with Crippen LogP contribution in [0.4, 0.5) is 0 Å². The van der Waals surface area contributed by atoms with Gasteiger partial charge < -0.3 is 30.7 Å². The monoisotopic (exact) mass is 732 g/mol. The summed E-state index contributed by atoms with van der Waals surface area (Å²) < 4.78 is 12.2. The van der Waals surface area contributed by atoms with E-state index < -0.39 is 0 Å². The average Bonchev–Trinajstić information content (AvgIpc) is 3.72. The molecule has 0 unspecified atom stereocenters. The molecule has 0 bridgehead atoms. The molecule has 12 heteroatoms. The van der Waals surface area contributed by atoms with Gasteiger partial charge in [-0.1, -0.05) is 60.1 Å². The molecule has 2 aromatic heterocycles. The lowest BCUT2D eigenvalue weighted by Gasteiger charge is -2.16. The molecular formula is C36H38BrClN6O4. The average molecular weight is 734 g/mol. The molecule has 2 atom stereocenters. The molecule has 2 amide bonds. The van der Waals surface area contributed by atoms with Crippen LogP contribution in [-0.4, -0.2) is 61.2 Å². The van der Waals surface area contributed by atoms with E-state index in [4.69, 9.17) is 31.0 Å². The second-order valence-corrected chi connectivity index (χ2v) is 13.1. The van der Waals surface area contributed by atoms with Crippen molar-refractivity contribution in [1.29, 1.82) is 0 Å². The van der Waals surface area contributed by atoms with Crippen LogP contribution in [0.25, 0.3) is 33.6 Å². The van der Waals surface area contributed by atoms with Gasteiger partial charge in [0.05, 0.1) is 30.6 Å². The van der Waals surface area contributed by atoms with Crippen LogP contribution in [0.2, 0.25) is 5.02 Å². The predicted octanol–water partition coefficient (Wildman–Crippen LogP) is 5.65. The first-order valence-electron chi connectivity index (χ1n) is 16.0. The zero-order valence-electron chi connectivity index (χ0n) is 26.9. The summed E-state index contributed by atoms with van der Waals surface area (Å²) in [4.78, 5) is 32.7. The highest BCUT2D eigenvalue weighted by Gasteiger charge is 2.22. The van der Waals surface area contributed by atoms with Crippen LogP contribution < -0.4 is 30.7 Å². The number of hydrogen-bond donors (Lipinski definition) is 4. The molecule has 0 spiro atoms. The standard InChI is InChI=1S/C36H38BrClN6O4/c1-47-35-21(17-39-19-23-11-15-31(45)41-23)9-13-29(43-35)27-7-3-5-25(33(27)37)26-6-4-8-28(34(26)38)30-14-10-22(36(44-30)48-2)18-40-20-24-12-16-32(46)42-24/h3-10,13-14,23-24,39-40H,11-12,15-20H2,1-2H3,(H,41,45)(H,42,46)/t23-,24-/m1/s1. The summed E-state index contributed by atoms with van der Waals surface area (Å²) in [5, 5.41) is 13.3. The van der Waals surface area contributed by atoms with E-state index in [1.165, 1.54) is 0 Å². The van der Waals surface area contributed by atoms with Crippen molar-refractivity contribution >= 4 is 39.3 Å². The summed E-state index contributed by atoms with van der Waals surface area (Å²) >= 11 is 11.0. The Kier molecular flexibility index (Phi) is 10.9. The van der Waals surface area contributed by atoms with E-state index in [-0.39, 0.29) is 23.9 Å². The van der Waals surface area contributed by atoms with Gasteiger partial charge in [0.2, 0.25) is 23.6 Å². The van der Waals surface area contributed by atoms with E-state index in [0.717, 1.165) is 56.4 Å². The van der Waals surface area contributed by atoms with Crippen molar-refractivity contribution in [3.63, 3.8) is 0 Å². The fraction of sp³-hybridized carbons (Fsp3) is 0.333. The van der Waals surface area contributed by atoms with Gasteiger partial charge in [-0.05, 0) is 46.5 Å². The third-order valence-corrected chi connectivity index (χ3v) is 9.95. The van der Waals surface area contributed by atoms with Gasteiger partial charge in [-0.15, -0.1) is 0 Å². The van der Waals surface area contributed by atoms with E-state index >= 15 is 0 Å². The Labute approximate surface area is 293 Å². The van der Waals surface area contributed by atoms with Gasteiger partial charge in [0.15, 0.2) is 0 Å². The second-order valence-electron chi connectivity index (χ2n) is 11.9. The molecule has 250 valence electrons. The molecule has 2 aliphatic rings. The SMILES string of the molecule is COc1nc(-c2cccc(-c3cccc(-c4ccc(CNC[C@H]5CCC(=O)N5)c(OC)n4)c3Br)c2Cl)ccc1CNC[C@H]1CCC(=O)N1. The summed E-state index contributed by atoms with van der Waals surface area (Å²) in [6.45, 7) is 2.51. The van der Waals surface area contributed by atoms with E-state index in [1.54, 1.807) is 14.2 Å². The smallest absolute Gasteiger partial charge is 0.220 e. The van der Waals surface area contributed by atoms with Gasteiger partial charge in [-0.2, -0.15) is 0 Å². The number of hydrogen-bond acceptors (Lipinski definition) is 8. The number of nitrogens with zero attached hydrogens (tertiary/aromatic N) is 2. The van der Waals surface area contributed by atoms with Gasteiger partial charge in [0.1, 0.15) is 0 Å². The highest BCUT2D eigenvalue weighted by molar-refractivity contribution is 9.10. The predicted molar refractivity (Wildman–Crippen MR) is 190 cm³/mol. The summed E-state index contributed by atoms with van der Waals surface area (Å²) in [5.41, 5.74) is 6.74. The van der Waals surface area contributed by atoms with Gasteiger partial charge in [0, 0.05) is 83.4 Å². The van der Waals surface area contributed by atoms with E-state index in [9.17, 15) is 9.59 Å². The molecule has 0 aliphatic carbocycles. The number of nitrogens with one attached hydrogen (secondary N) is 4. The minimum atomic E-state index is 0.104. The first-order valence-corrected chi connectivity index (χ1v) is 17.2. The number of carbonyl (C=O) groups excluding carboxylic acids is 2. The molecule has 2 fully saturated rings. The van der Waals surface area contributed by atoms with Gasteiger partial charge in [0.25, 0.3) is 0 Å². The Hall–Kier alpha value is -4.03. The number of aromatic nitrogens is 2. The van der Waals surface area contributed by atoms with Crippen LogP contribution in [0.3, 0.4) is 0 Å². The summed E-state index contributed by atoms with van der Waals surface area (Å²) in [6.07, 6.45) is 2.84. The molecule has 2 aliphatic heterocycles. The van der Waals surface area contributed by atoms with Gasteiger partial charge in [-0.25, -0.2) is 9.97 Å². The molecule has 0 radical (unpaired) electrons. The van der Waals surface area contributed by atoms with E-state index in [2.05, 4.69) is 37.2 Å². The first kappa shape index (κ1) is 33.9. The Bertz CT molecular complexity index is 1690. The number of methoxy groups -OCH3 is 2. The van der Waals surface area contributed by atoms with E-state index in [0.29, 0.717) is 61.5 Å². The van der Waals surface area contributed by atoms with Crippen LogP contribution in [0, 0.1) is 0 Å². The van der Waals surface area contributed by atoms with Gasteiger partial charge >= 0.3 is 0 Å². The van der Waals surface area contributed by atoms with Gasteiger partial charge in [-0.3, -0.25) is 9.59 Å². The van der Waals surface area contributed by atoms with Crippen molar-refractivity contribution in [2.45, 2.75) is 50.9 Å². The largest absolute Gasteiger partial charge is 0.481 e. The molecule has 6 rings (SSSR count). The van der Waals surface area contributed by atoms with Crippen LogP contribution in [0.1, 0.15) is 36.8 Å². The number of rotatable bonds is 13. The summed E-state index contributed by atoms with van der Waals surface area (Å²) in [7, 11) is 3.23. The van der Waals surface area contributed by atoms with Crippen molar-refractivity contribution in [1.82, 2.24) is 31.2 Å². The summed E-state index contributed by atoms with van der Waals surface area (Å²) in [5.74, 6) is 1.27. The lowest BCUT2D eigenvalue weighted by atomic mass is 9.98. The quantitative estimate of drug-likeness (QED) is 0.139. The topological polar surface area (TPSA) is 126 Å². The Balaban J connectivity index is 1.20. The lowest BCUT2D eigenvalue weighted by Crippen LogP contribution is -2.35. The van der Waals surface area contributed by atoms with Crippen molar-refractivity contribution < 1.29 is 19.1 Å². The lowest BCUT2D eigenvalue weighted by molar-refractivity contribution is -0.120. The fourth-order valence-corrected chi connectivity index (χ4v) is 7.17. The molecule has 10 nitrogen and oxygen atoms in total. The van der Waals surface area contributed by atoms with Crippen molar-refractivity contribution in [3.8, 4) is 45.4 Å². The Morgan fingerprint density at radius 3 is 1.71 bits per heavy atom. The molecule has 2 saturated heterocycles. The third kappa shape index (κ3) is 7.65. The molecular weight excluding hydrogens is 696 g/mol. The Morgan fingerprint density at radius 2 is 1.21 bits per heavy atom. The maximum atomic E-state index is 11.5. The molecule has 4 aromatic rings. The van der Waals surface area contributed by atoms with Crippen molar-refractivity contribution in [2.75, 3.05) is 27.3 Å². The molecule has 48 heavy (non-hydrogen) atoms. The van der Waals surface area contributed by atoms with Crippen molar-refractivity contribution in [2.24, 2.45) is 0 Å². The highest BCUT2D eigenvalue weighted by Crippen LogP contribution is 2.42. The number of halogens is 2. The van der Waals surface area contributed by atoms with Crippen LogP contribution in [0.15, 0.2) is 65.1 Å². The molecule has 4 heterocycles. The highest BCUT2D eigenvalue weighted by atomic mass is 79.9. The maximum Gasteiger partial charge on any atom is 0.220 e. The Morgan fingerprint density at radius 1 is 0.729 bits per heavy atom. The first-order chi connectivity index (χ1) is 23.3. The number of ether oxygens (including phenoxy) is 2. The van der Waals surface area contributed by atoms with Crippen LogP contribution in [-0.2, 0) is 22.7 Å². The zero-order valence-corrected chi connectivity index (χ0v) is 29.2. The minimum absolute atomic E-state index is 0.104. The molecule has 0 saturated carbocycles. The summed E-state index contributed by atoms with van der Waals surface area (Å²) in [6, 6.07) is 20.1. The van der Waals surface area contributed by atoms with Crippen LogP contribution >= 0.6 is 27.5 Å². The molecule has 2 aromatic carbocycles. The maximum absolute atomic E-state index is 11.5. The van der Waals surface area contributed by atoms with Crippen molar-refractivity contribution in [3.05, 3.63) is 81.3 Å². The van der Waals surface area contributed by atoms with Crippen LogP contribution in [0.5, 0.6) is 11.8 Å². The fourth-order valence-electron chi connectivity index (χ4n) is 6.16. The zero-order chi connectivity index (χ0) is 33.6. The number of carbonyl (C=O) groups is 2. The second kappa shape index (κ2) is 15.5. The molecule has 4 N–H and O–H groups in total. The number of benzene rings is 2. The van der Waals surface area contributed by atoms with E-state index in [1.807, 2.05) is 60.7 Å². The third-order valence-electron chi connectivity index (χ3n) is 8.69. The number of amides is 2. The normalized spacial score (nSPS) is 17.3. The number of pyridine rings is 2.